The van der Waals surface area contributed by atoms with Gasteiger partial charge in [0, 0.05) is 31.6 Å². The Morgan fingerprint density at radius 1 is 1.17 bits per heavy atom. The summed E-state index contributed by atoms with van der Waals surface area (Å²) in [6.45, 7) is 2.95. The van der Waals surface area contributed by atoms with Crippen molar-refractivity contribution in [3.8, 4) is 0 Å². The maximum atomic E-state index is 11.9. The Hall–Kier alpha value is -3.09. The van der Waals surface area contributed by atoms with E-state index < -0.39 is 0 Å². The molecule has 0 unspecified atom stereocenters. The van der Waals surface area contributed by atoms with Crippen LogP contribution in [0.15, 0.2) is 42.5 Å². The zero-order valence-corrected chi connectivity index (χ0v) is 13.7. The van der Waals surface area contributed by atoms with Crippen molar-refractivity contribution < 1.29 is 4.79 Å². The minimum absolute atomic E-state index is 0.258. The largest absolute Gasteiger partial charge is 0.368 e. The van der Waals surface area contributed by atoms with Crippen LogP contribution in [0.4, 0.5) is 16.4 Å². The molecule has 2 aromatic heterocycles. The highest BCUT2D eigenvalue weighted by Gasteiger charge is 2.06. The maximum absolute atomic E-state index is 11.9. The molecular weight excluding hydrogens is 304 g/mol. The number of benzene rings is 1. The number of hydrogen-bond acceptors (Lipinski definition) is 4. The molecule has 7 heteroatoms. The van der Waals surface area contributed by atoms with Crippen LogP contribution in [0.25, 0.3) is 10.9 Å². The van der Waals surface area contributed by atoms with Gasteiger partial charge in [0.2, 0.25) is 0 Å². The van der Waals surface area contributed by atoms with Gasteiger partial charge in [-0.05, 0) is 25.1 Å². The van der Waals surface area contributed by atoms with Crippen molar-refractivity contribution in [1.29, 1.82) is 0 Å². The lowest BCUT2D eigenvalue weighted by Crippen LogP contribution is -2.33. The van der Waals surface area contributed by atoms with Gasteiger partial charge < -0.3 is 10.6 Å². The smallest absolute Gasteiger partial charge is 0.320 e. The minimum atomic E-state index is -0.258. The first-order chi connectivity index (χ1) is 11.6. The second kappa shape index (κ2) is 6.99. The summed E-state index contributed by atoms with van der Waals surface area (Å²) in [5.41, 5.74) is 1.80. The number of hydrogen-bond donors (Lipinski definition) is 3. The van der Waals surface area contributed by atoms with Crippen LogP contribution in [-0.2, 0) is 7.05 Å². The fraction of sp³-hybridized carbons (Fsp3) is 0.235. The molecule has 3 aromatic rings. The minimum Gasteiger partial charge on any atom is -0.368 e. The Morgan fingerprint density at radius 3 is 2.79 bits per heavy atom. The lowest BCUT2D eigenvalue weighted by Gasteiger charge is -2.09. The summed E-state index contributed by atoms with van der Waals surface area (Å²) in [4.78, 5) is 16.4. The number of nitrogens with zero attached hydrogens (tertiary/aromatic N) is 3. The van der Waals surface area contributed by atoms with Gasteiger partial charge in [-0.25, -0.2) is 9.78 Å². The van der Waals surface area contributed by atoms with Crippen LogP contribution in [0, 0.1) is 6.92 Å². The highest BCUT2D eigenvalue weighted by molar-refractivity contribution is 5.88. The van der Waals surface area contributed by atoms with Gasteiger partial charge in [0.25, 0.3) is 0 Å². The molecule has 0 radical (unpaired) electrons. The van der Waals surface area contributed by atoms with Gasteiger partial charge in [-0.1, -0.05) is 18.2 Å². The molecule has 0 fully saturated rings. The lowest BCUT2D eigenvalue weighted by atomic mass is 10.2. The fourth-order valence-corrected chi connectivity index (χ4v) is 2.42. The van der Waals surface area contributed by atoms with Crippen molar-refractivity contribution in [2.24, 2.45) is 7.05 Å². The number of rotatable bonds is 5. The summed E-state index contributed by atoms with van der Waals surface area (Å²) >= 11 is 0. The number of nitrogens with one attached hydrogen (secondary N) is 3. The third kappa shape index (κ3) is 3.81. The van der Waals surface area contributed by atoms with Crippen LogP contribution in [-0.4, -0.2) is 33.9 Å². The molecule has 1 aromatic carbocycles. The number of urea groups is 1. The number of fused-ring (bicyclic) bond motifs is 1. The predicted molar refractivity (Wildman–Crippen MR) is 95.2 cm³/mol. The van der Waals surface area contributed by atoms with E-state index in [0.29, 0.717) is 18.9 Å². The highest BCUT2D eigenvalue weighted by Crippen LogP contribution is 2.14. The number of aryl methyl sites for hydroxylation is 2. The summed E-state index contributed by atoms with van der Waals surface area (Å²) < 4.78 is 1.63. The van der Waals surface area contributed by atoms with E-state index >= 15 is 0 Å². The monoisotopic (exact) mass is 324 g/mol. The number of anilines is 2. The molecule has 0 saturated heterocycles. The average molecular weight is 324 g/mol. The van der Waals surface area contributed by atoms with E-state index in [1.165, 1.54) is 0 Å². The van der Waals surface area contributed by atoms with Crippen molar-refractivity contribution in [2.75, 3.05) is 23.7 Å². The van der Waals surface area contributed by atoms with Crippen LogP contribution in [0.2, 0.25) is 0 Å². The molecule has 3 N–H and O–H groups in total. The Labute approximate surface area is 140 Å². The standard InChI is InChI=1S/C17H20N6O/c1-12-11-16(23(2)22-12)21-17(24)19-10-9-18-15-8-7-13-5-3-4-6-14(13)20-15/h3-8,11H,9-10H2,1-2H3,(H,18,20)(H2,19,21,24). The van der Waals surface area contributed by atoms with Gasteiger partial charge in [-0.2, -0.15) is 5.10 Å². The second-order valence-electron chi connectivity index (χ2n) is 5.49. The van der Waals surface area contributed by atoms with Crippen LogP contribution >= 0.6 is 0 Å². The Kier molecular flexibility index (Phi) is 4.60. The van der Waals surface area contributed by atoms with Crippen LogP contribution in [0.1, 0.15) is 5.69 Å². The molecule has 0 saturated carbocycles. The van der Waals surface area contributed by atoms with Gasteiger partial charge in [-0.15, -0.1) is 0 Å². The molecule has 0 spiro atoms. The molecule has 2 heterocycles. The maximum Gasteiger partial charge on any atom is 0.320 e. The normalized spacial score (nSPS) is 10.6. The Morgan fingerprint density at radius 2 is 2.00 bits per heavy atom. The lowest BCUT2D eigenvalue weighted by molar-refractivity contribution is 0.252. The highest BCUT2D eigenvalue weighted by atomic mass is 16.2. The molecular formula is C17H20N6O. The molecule has 2 amide bonds. The summed E-state index contributed by atoms with van der Waals surface area (Å²) in [5.74, 6) is 1.45. The molecule has 0 aliphatic heterocycles. The van der Waals surface area contributed by atoms with E-state index in [1.54, 1.807) is 11.7 Å². The molecule has 124 valence electrons. The third-order valence-corrected chi connectivity index (χ3v) is 3.56. The second-order valence-corrected chi connectivity index (χ2v) is 5.49. The molecule has 0 atom stereocenters. The summed E-state index contributed by atoms with van der Waals surface area (Å²) in [5, 5.41) is 14.0. The van der Waals surface area contributed by atoms with Crippen molar-refractivity contribution >= 4 is 28.6 Å². The molecule has 0 bridgehead atoms. The van der Waals surface area contributed by atoms with Crippen molar-refractivity contribution in [2.45, 2.75) is 6.92 Å². The van der Waals surface area contributed by atoms with E-state index in [0.717, 1.165) is 22.4 Å². The topological polar surface area (TPSA) is 83.9 Å². The zero-order valence-electron chi connectivity index (χ0n) is 13.7. The summed E-state index contributed by atoms with van der Waals surface area (Å²) in [6, 6.07) is 13.5. The van der Waals surface area contributed by atoms with E-state index in [1.807, 2.05) is 49.4 Å². The quantitative estimate of drug-likeness (QED) is 0.630. The number of carbonyl (C=O) groups excluding carboxylic acids is 1. The van der Waals surface area contributed by atoms with Crippen molar-refractivity contribution in [3.63, 3.8) is 0 Å². The van der Waals surface area contributed by atoms with Crippen LogP contribution < -0.4 is 16.0 Å². The predicted octanol–water partition coefficient (Wildman–Crippen LogP) is 2.51. The molecule has 0 aliphatic carbocycles. The fourth-order valence-electron chi connectivity index (χ4n) is 2.42. The van der Waals surface area contributed by atoms with E-state index in [-0.39, 0.29) is 6.03 Å². The Balaban J connectivity index is 1.46. The molecule has 24 heavy (non-hydrogen) atoms. The molecule has 0 aliphatic rings. The first kappa shape index (κ1) is 15.8. The van der Waals surface area contributed by atoms with Gasteiger partial charge in [0.1, 0.15) is 11.6 Å². The SMILES string of the molecule is Cc1cc(NC(=O)NCCNc2ccc3ccccc3n2)n(C)n1. The average Bonchev–Trinajstić information content (AvgIpc) is 2.89. The van der Waals surface area contributed by atoms with Gasteiger partial charge in [0.05, 0.1) is 11.2 Å². The summed E-state index contributed by atoms with van der Waals surface area (Å²) in [7, 11) is 1.79. The van der Waals surface area contributed by atoms with Crippen LogP contribution in [0.5, 0.6) is 0 Å². The van der Waals surface area contributed by atoms with Crippen molar-refractivity contribution in [3.05, 3.63) is 48.2 Å². The van der Waals surface area contributed by atoms with E-state index in [9.17, 15) is 4.79 Å². The van der Waals surface area contributed by atoms with Gasteiger partial charge in [-0.3, -0.25) is 10.00 Å². The third-order valence-electron chi connectivity index (χ3n) is 3.56. The van der Waals surface area contributed by atoms with Crippen LogP contribution in [0.3, 0.4) is 0 Å². The number of aromatic nitrogens is 3. The number of para-hydroxylation sites is 1. The molecule has 7 nitrogen and oxygen atoms in total. The van der Waals surface area contributed by atoms with Crippen molar-refractivity contribution in [1.82, 2.24) is 20.1 Å². The Bertz CT molecular complexity index is 857. The van der Waals surface area contributed by atoms with Gasteiger partial charge >= 0.3 is 6.03 Å². The first-order valence-corrected chi connectivity index (χ1v) is 7.77. The summed E-state index contributed by atoms with van der Waals surface area (Å²) in [6.07, 6.45) is 0. The number of amides is 2. The first-order valence-electron chi connectivity index (χ1n) is 7.77. The van der Waals surface area contributed by atoms with E-state index in [2.05, 4.69) is 26.0 Å². The zero-order chi connectivity index (χ0) is 16.9. The van der Waals surface area contributed by atoms with Gasteiger partial charge in [0.15, 0.2) is 0 Å². The molecule has 3 rings (SSSR count). The number of carbonyl (C=O) groups is 1. The van der Waals surface area contributed by atoms with E-state index in [4.69, 9.17) is 0 Å². The number of pyridine rings is 1.